The molecule has 3 aromatic rings. The number of halogens is 1. The van der Waals surface area contributed by atoms with Crippen LogP contribution in [0, 0.1) is 17.8 Å². The molecule has 6 rings (SSSR count). The third-order valence-electron chi connectivity index (χ3n) is 11.1. The van der Waals surface area contributed by atoms with Crippen molar-refractivity contribution in [3.63, 3.8) is 0 Å². The fraction of sp³-hybridized carbons (Fsp3) is 0.575. The molecule has 1 saturated heterocycles. The van der Waals surface area contributed by atoms with E-state index in [4.69, 9.17) is 35.8 Å². The number of pyridine rings is 1. The van der Waals surface area contributed by atoms with E-state index in [-0.39, 0.29) is 48.1 Å². The number of ether oxygens (including phenoxy) is 3. The van der Waals surface area contributed by atoms with Crippen LogP contribution >= 0.6 is 22.9 Å². The Labute approximate surface area is 338 Å². The molecule has 3 fully saturated rings. The van der Waals surface area contributed by atoms with Gasteiger partial charge in [0, 0.05) is 42.2 Å². The van der Waals surface area contributed by atoms with Gasteiger partial charge in [0.15, 0.2) is 0 Å². The Balaban J connectivity index is 1.36. The topological polar surface area (TPSA) is 166 Å². The number of carbonyl (C=O) groups excluding carboxylic acids is 3. The van der Waals surface area contributed by atoms with Crippen molar-refractivity contribution in [3.8, 4) is 22.2 Å². The largest absolute Gasteiger partial charge is 0.490 e. The number of hydrogen-bond acceptors (Lipinski definition) is 11. The van der Waals surface area contributed by atoms with Crippen molar-refractivity contribution in [2.45, 2.75) is 109 Å². The standard InChI is InChI=1S/C40H52ClN5O8S2/c1-9-24-19-40(24,39(49)45-56(50,51)25-11-12-25)44-36(47)30-18-32(23(7)46(30)38(48)26(10-2)21(3)4)54-33-17-28(37-43-29(20-55-37)22(5)6)42-35-27(33)13-14-31(34(35)41)53-16-15-52-8/h9,13-14,17,20-26,30,32H,1,10-12,15-16,18-19H2,2-8H3,(H,44,47)(H,45,49)/t23-,24-,26-,30+,32-,40-/m1/s1. The molecular weight excluding hydrogens is 778 g/mol. The number of aromatic nitrogens is 2. The maximum atomic E-state index is 14.4. The minimum Gasteiger partial charge on any atom is -0.490 e. The predicted molar refractivity (Wildman–Crippen MR) is 216 cm³/mol. The predicted octanol–water partition coefficient (Wildman–Crippen LogP) is 6.25. The molecule has 2 saturated carbocycles. The normalized spacial score (nSPS) is 24.0. The van der Waals surface area contributed by atoms with Crippen LogP contribution in [-0.4, -0.2) is 90.3 Å². The van der Waals surface area contributed by atoms with E-state index in [1.165, 1.54) is 11.3 Å². The molecule has 6 atom stereocenters. The fourth-order valence-corrected chi connectivity index (χ4v) is 10.0. The lowest BCUT2D eigenvalue weighted by atomic mass is 9.91. The molecule has 1 aromatic carbocycles. The summed E-state index contributed by atoms with van der Waals surface area (Å²) in [6.07, 6.45) is 2.67. The number of amides is 3. The van der Waals surface area contributed by atoms with Crippen molar-refractivity contribution in [1.29, 1.82) is 0 Å². The van der Waals surface area contributed by atoms with E-state index in [2.05, 4.69) is 30.5 Å². The van der Waals surface area contributed by atoms with Crippen LogP contribution in [-0.2, 0) is 29.1 Å². The van der Waals surface area contributed by atoms with Gasteiger partial charge in [-0.1, -0.05) is 52.3 Å². The van der Waals surface area contributed by atoms with Crippen molar-refractivity contribution >= 4 is 61.6 Å². The highest BCUT2D eigenvalue weighted by atomic mass is 35.5. The van der Waals surface area contributed by atoms with E-state index in [0.29, 0.717) is 59.0 Å². The molecule has 304 valence electrons. The van der Waals surface area contributed by atoms with Crippen LogP contribution in [0.2, 0.25) is 5.02 Å². The van der Waals surface area contributed by atoms with Crippen LogP contribution < -0.4 is 19.5 Å². The van der Waals surface area contributed by atoms with E-state index in [0.717, 1.165) is 5.69 Å². The zero-order chi connectivity index (χ0) is 40.7. The monoisotopic (exact) mass is 829 g/mol. The summed E-state index contributed by atoms with van der Waals surface area (Å²) in [6, 6.07) is 3.77. The first-order chi connectivity index (χ1) is 26.6. The minimum absolute atomic E-state index is 0.00937. The maximum absolute atomic E-state index is 14.4. The van der Waals surface area contributed by atoms with E-state index < -0.39 is 56.7 Å². The second-order valence-corrected chi connectivity index (χ2v) is 18.9. The first-order valence-electron chi connectivity index (χ1n) is 19.3. The van der Waals surface area contributed by atoms with Gasteiger partial charge in [-0.25, -0.2) is 18.4 Å². The Morgan fingerprint density at radius 2 is 1.88 bits per heavy atom. The number of carbonyl (C=O) groups is 3. The number of thiazole rings is 1. The molecule has 0 radical (unpaired) electrons. The highest BCUT2D eigenvalue weighted by Gasteiger charge is 2.62. The summed E-state index contributed by atoms with van der Waals surface area (Å²) in [4.78, 5) is 53.7. The van der Waals surface area contributed by atoms with Gasteiger partial charge < -0.3 is 24.4 Å². The van der Waals surface area contributed by atoms with Crippen molar-refractivity contribution in [3.05, 3.63) is 47.0 Å². The van der Waals surface area contributed by atoms with Crippen LogP contribution in [0.25, 0.3) is 21.6 Å². The van der Waals surface area contributed by atoms with Crippen LogP contribution in [0.4, 0.5) is 0 Å². The van der Waals surface area contributed by atoms with Crippen molar-refractivity contribution in [2.75, 3.05) is 20.3 Å². The number of sulfonamides is 1. The number of benzene rings is 1. The van der Waals surface area contributed by atoms with E-state index in [1.54, 1.807) is 30.2 Å². The fourth-order valence-electron chi connectivity index (χ4n) is 7.46. The number of rotatable bonds is 17. The Bertz CT molecular complexity index is 2100. The number of methoxy groups -OCH3 is 1. The number of nitrogens with zero attached hydrogens (tertiary/aromatic N) is 3. The second-order valence-electron chi connectivity index (χ2n) is 15.7. The molecule has 13 nitrogen and oxygen atoms in total. The lowest BCUT2D eigenvalue weighted by molar-refractivity contribution is -0.145. The van der Waals surface area contributed by atoms with Crippen molar-refractivity contribution in [1.82, 2.24) is 24.9 Å². The second kappa shape index (κ2) is 16.6. The van der Waals surface area contributed by atoms with Crippen molar-refractivity contribution in [2.24, 2.45) is 17.8 Å². The average molecular weight is 830 g/mol. The summed E-state index contributed by atoms with van der Waals surface area (Å²) in [5, 5.41) is 5.82. The highest BCUT2D eigenvalue weighted by Crippen LogP contribution is 2.46. The molecule has 3 aliphatic rings. The maximum Gasteiger partial charge on any atom is 0.259 e. The Hall–Kier alpha value is -3.79. The number of fused-ring (bicyclic) bond motifs is 1. The van der Waals surface area contributed by atoms with Crippen LogP contribution in [0.5, 0.6) is 11.5 Å². The summed E-state index contributed by atoms with van der Waals surface area (Å²) in [6.45, 7) is 16.3. The summed E-state index contributed by atoms with van der Waals surface area (Å²) in [5.74, 6) is -1.36. The first kappa shape index (κ1) is 41.8. The lowest BCUT2D eigenvalue weighted by Crippen LogP contribution is -2.57. The van der Waals surface area contributed by atoms with Crippen LogP contribution in [0.15, 0.2) is 36.2 Å². The van der Waals surface area contributed by atoms with Crippen molar-refractivity contribution < 1.29 is 37.0 Å². The molecule has 2 aromatic heterocycles. The molecule has 3 amide bonds. The van der Waals surface area contributed by atoms with Crippen LogP contribution in [0.3, 0.4) is 0 Å². The average Bonchev–Trinajstić information content (AvgIpc) is 4.05. The third kappa shape index (κ3) is 8.28. The zero-order valence-corrected chi connectivity index (χ0v) is 35.4. The Morgan fingerprint density at radius 1 is 1.14 bits per heavy atom. The smallest absolute Gasteiger partial charge is 0.259 e. The first-order valence-corrected chi connectivity index (χ1v) is 22.1. The van der Waals surface area contributed by atoms with Gasteiger partial charge in [-0.05, 0) is 56.6 Å². The molecule has 56 heavy (non-hydrogen) atoms. The van der Waals surface area contributed by atoms with Gasteiger partial charge >= 0.3 is 0 Å². The van der Waals surface area contributed by atoms with Gasteiger partial charge in [0.05, 0.1) is 29.1 Å². The third-order valence-corrected chi connectivity index (χ3v) is 14.2. The number of hydrogen-bond donors (Lipinski definition) is 2. The molecule has 3 heterocycles. The van der Waals surface area contributed by atoms with Gasteiger partial charge in [0.2, 0.25) is 21.8 Å². The SMILES string of the molecule is C=C[C@@H]1C[C@]1(NC(=O)[C@@H]1C[C@@H](Oc2cc(-c3nc(C(C)C)cs3)nc3c(Cl)c(OCCOC)ccc23)[C@@H](C)N1C(=O)[C@H](CC)C(C)C)C(=O)NS(=O)(=O)C1CC1. The summed E-state index contributed by atoms with van der Waals surface area (Å²) < 4.78 is 45.6. The molecule has 0 spiro atoms. The van der Waals surface area contributed by atoms with Gasteiger partial charge in [0.25, 0.3) is 5.91 Å². The van der Waals surface area contributed by atoms with Gasteiger partial charge in [-0.15, -0.1) is 17.9 Å². The van der Waals surface area contributed by atoms with E-state index >= 15 is 0 Å². The van der Waals surface area contributed by atoms with Crippen LogP contribution in [0.1, 0.15) is 85.3 Å². The molecular formula is C40H52ClN5O8S2. The minimum atomic E-state index is -3.87. The quantitative estimate of drug-likeness (QED) is 0.117. The van der Waals surface area contributed by atoms with Gasteiger partial charge in [0.1, 0.15) is 51.5 Å². The summed E-state index contributed by atoms with van der Waals surface area (Å²) >= 11 is 8.41. The molecule has 1 aliphatic heterocycles. The summed E-state index contributed by atoms with van der Waals surface area (Å²) in [5.41, 5.74) is 0.397. The molecule has 16 heteroatoms. The lowest BCUT2D eigenvalue weighted by Gasteiger charge is -2.33. The Morgan fingerprint density at radius 3 is 2.46 bits per heavy atom. The molecule has 0 bridgehead atoms. The van der Waals surface area contributed by atoms with E-state index in [9.17, 15) is 22.8 Å². The molecule has 2 aliphatic carbocycles. The number of nitrogens with one attached hydrogen (secondary N) is 2. The molecule has 0 unspecified atom stereocenters. The van der Waals surface area contributed by atoms with E-state index in [1.807, 2.05) is 39.1 Å². The van der Waals surface area contributed by atoms with Gasteiger partial charge in [-0.2, -0.15) is 0 Å². The van der Waals surface area contributed by atoms with Gasteiger partial charge in [-0.3, -0.25) is 19.1 Å². The molecule has 2 N–H and O–H groups in total. The highest BCUT2D eigenvalue weighted by molar-refractivity contribution is 7.91. The summed E-state index contributed by atoms with van der Waals surface area (Å²) in [7, 11) is -2.29. The zero-order valence-electron chi connectivity index (χ0n) is 33.0. The Kier molecular flexibility index (Phi) is 12.4. The number of likely N-dealkylation sites (tertiary alicyclic amines) is 1.